The molecule has 0 aliphatic carbocycles. The fourth-order valence-corrected chi connectivity index (χ4v) is 1.13. The second-order valence-corrected chi connectivity index (χ2v) is 2.97. The zero-order valence-electron chi connectivity index (χ0n) is 7.24. The van der Waals surface area contributed by atoms with Crippen LogP contribution < -0.4 is 4.74 Å². The predicted octanol–water partition coefficient (Wildman–Crippen LogP) is 3.33. The number of halogens is 6. The Hall–Kier alpha value is -1.37. The molecule has 0 atom stereocenters. The van der Waals surface area contributed by atoms with Crippen LogP contribution in [0.25, 0.3) is 0 Å². The Bertz CT molecular complexity index is 429. The zero-order valence-corrected chi connectivity index (χ0v) is 7.99. The molecule has 0 aromatic heterocycles. The number of ether oxygens (including phenoxy) is 1. The van der Waals surface area contributed by atoms with Gasteiger partial charge < -0.3 is 4.74 Å². The number of benzene rings is 1. The van der Waals surface area contributed by atoms with Crippen molar-refractivity contribution in [3.8, 4) is 5.75 Å². The van der Waals surface area contributed by atoms with Gasteiger partial charge >= 0.3 is 6.36 Å². The maximum Gasteiger partial charge on any atom is 0.573 e. The van der Waals surface area contributed by atoms with Crippen LogP contribution >= 0.6 is 11.6 Å². The van der Waals surface area contributed by atoms with Crippen LogP contribution in [-0.2, 0) is 0 Å². The van der Waals surface area contributed by atoms with Gasteiger partial charge in [0.1, 0.15) is 0 Å². The van der Waals surface area contributed by atoms with Gasteiger partial charge in [0.15, 0.2) is 17.9 Å². The molecule has 0 N–H and O–H groups in total. The first-order chi connectivity index (χ1) is 7.26. The minimum absolute atomic E-state index is 0.139. The molecular formula is C8H2ClF5O2. The highest BCUT2D eigenvalue weighted by atomic mass is 35.5. The topological polar surface area (TPSA) is 26.3 Å². The lowest BCUT2D eigenvalue weighted by molar-refractivity contribution is -0.276. The first kappa shape index (κ1) is 12.7. The molecule has 0 fully saturated rings. The summed E-state index contributed by atoms with van der Waals surface area (Å²) >= 11 is 5.23. The number of hydrogen-bond acceptors (Lipinski definition) is 2. The number of carbonyl (C=O) groups excluding carboxylic acids is 1. The van der Waals surface area contributed by atoms with Gasteiger partial charge in [0.05, 0.1) is 10.6 Å². The van der Waals surface area contributed by atoms with Crippen molar-refractivity contribution < 1.29 is 31.5 Å². The summed E-state index contributed by atoms with van der Waals surface area (Å²) in [7, 11) is 0. The van der Waals surface area contributed by atoms with Gasteiger partial charge in [0.25, 0.3) is 0 Å². The summed E-state index contributed by atoms with van der Waals surface area (Å²) in [6.45, 7) is 0. The van der Waals surface area contributed by atoms with Crippen LogP contribution in [0.3, 0.4) is 0 Å². The van der Waals surface area contributed by atoms with Crippen molar-refractivity contribution in [2.24, 2.45) is 0 Å². The van der Waals surface area contributed by atoms with E-state index in [4.69, 9.17) is 11.6 Å². The van der Waals surface area contributed by atoms with Gasteiger partial charge in [-0.2, -0.15) is 0 Å². The highest BCUT2D eigenvalue weighted by Crippen LogP contribution is 2.33. The second-order valence-electron chi connectivity index (χ2n) is 2.56. The van der Waals surface area contributed by atoms with Crippen molar-refractivity contribution in [2.75, 3.05) is 0 Å². The van der Waals surface area contributed by atoms with Gasteiger partial charge in [-0.15, -0.1) is 13.2 Å². The van der Waals surface area contributed by atoms with E-state index in [1.807, 2.05) is 0 Å². The molecule has 1 aromatic rings. The molecule has 2 nitrogen and oxygen atoms in total. The van der Waals surface area contributed by atoms with E-state index in [2.05, 4.69) is 4.74 Å². The van der Waals surface area contributed by atoms with Crippen molar-refractivity contribution in [3.05, 3.63) is 28.3 Å². The standard InChI is InChI=1S/C8H2ClF5O2/c9-4-1-5(10)7(16-8(12,13)14)6(11)3(4)2-15/h1-2H. The third-order valence-corrected chi connectivity index (χ3v) is 1.81. The highest BCUT2D eigenvalue weighted by Gasteiger charge is 2.35. The molecule has 0 radical (unpaired) electrons. The molecule has 0 aliphatic rings. The second kappa shape index (κ2) is 4.25. The zero-order chi connectivity index (χ0) is 12.5. The Kier molecular flexibility index (Phi) is 3.37. The van der Waals surface area contributed by atoms with Crippen molar-refractivity contribution >= 4 is 17.9 Å². The Balaban J connectivity index is 3.34. The van der Waals surface area contributed by atoms with Crippen molar-refractivity contribution in [3.63, 3.8) is 0 Å². The Morgan fingerprint density at radius 3 is 2.31 bits per heavy atom. The van der Waals surface area contributed by atoms with Crippen LogP contribution in [0.5, 0.6) is 5.75 Å². The fourth-order valence-electron chi connectivity index (χ4n) is 0.904. The molecule has 0 heterocycles. The molecule has 0 unspecified atom stereocenters. The third kappa shape index (κ3) is 2.60. The normalized spacial score (nSPS) is 11.4. The number of alkyl halides is 3. The van der Waals surface area contributed by atoms with Gasteiger partial charge in [-0.05, 0) is 6.07 Å². The molecule has 0 aliphatic heterocycles. The molecule has 0 spiro atoms. The van der Waals surface area contributed by atoms with Crippen LogP contribution in [-0.4, -0.2) is 12.6 Å². The molecule has 1 rings (SSSR count). The number of rotatable bonds is 2. The van der Waals surface area contributed by atoms with E-state index >= 15 is 0 Å². The van der Waals surface area contributed by atoms with Crippen LogP contribution in [0, 0.1) is 11.6 Å². The SMILES string of the molecule is O=Cc1c(Cl)cc(F)c(OC(F)(F)F)c1F. The predicted molar refractivity (Wildman–Crippen MR) is 43.4 cm³/mol. The lowest BCUT2D eigenvalue weighted by Gasteiger charge is -2.11. The first-order valence-corrected chi connectivity index (χ1v) is 4.02. The summed E-state index contributed by atoms with van der Waals surface area (Å²) in [5.41, 5.74) is -0.901. The van der Waals surface area contributed by atoms with Crippen LogP contribution in [0.4, 0.5) is 22.0 Å². The molecule has 0 saturated carbocycles. The average molecular weight is 261 g/mol. The largest absolute Gasteiger partial charge is 0.573 e. The summed E-state index contributed by atoms with van der Waals surface area (Å²) in [5, 5.41) is -0.639. The lowest BCUT2D eigenvalue weighted by atomic mass is 10.2. The first-order valence-electron chi connectivity index (χ1n) is 3.64. The van der Waals surface area contributed by atoms with E-state index in [1.165, 1.54) is 0 Å². The smallest absolute Gasteiger partial charge is 0.399 e. The molecule has 0 bridgehead atoms. The van der Waals surface area contributed by atoms with Crippen molar-refractivity contribution in [1.82, 2.24) is 0 Å². The molecule has 16 heavy (non-hydrogen) atoms. The molecular weight excluding hydrogens is 259 g/mol. The van der Waals surface area contributed by atoms with Crippen LogP contribution in [0.1, 0.15) is 10.4 Å². The van der Waals surface area contributed by atoms with Crippen molar-refractivity contribution in [2.45, 2.75) is 6.36 Å². The lowest BCUT2D eigenvalue weighted by Crippen LogP contribution is -2.19. The monoisotopic (exact) mass is 260 g/mol. The summed E-state index contributed by atoms with van der Waals surface area (Å²) in [6.07, 6.45) is -5.41. The number of hydrogen-bond donors (Lipinski definition) is 0. The summed E-state index contributed by atoms with van der Waals surface area (Å²) in [6, 6.07) is 0.357. The Morgan fingerprint density at radius 1 is 1.31 bits per heavy atom. The number of carbonyl (C=O) groups is 1. The average Bonchev–Trinajstić information content (AvgIpc) is 2.11. The maximum atomic E-state index is 13.1. The van der Waals surface area contributed by atoms with E-state index < -0.39 is 34.3 Å². The summed E-state index contributed by atoms with van der Waals surface area (Å²) in [5.74, 6) is -5.15. The Morgan fingerprint density at radius 2 is 1.88 bits per heavy atom. The third-order valence-electron chi connectivity index (χ3n) is 1.50. The molecule has 0 saturated heterocycles. The molecule has 1 aromatic carbocycles. The van der Waals surface area contributed by atoms with Crippen molar-refractivity contribution in [1.29, 1.82) is 0 Å². The Labute approximate surface area is 90.6 Å². The maximum absolute atomic E-state index is 13.1. The summed E-state index contributed by atoms with van der Waals surface area (Å²) < 4.78 is 64.4. The highest BCUT2D eigenvalue weighted by molar-refractivity contribution is 6.33. The van der Waals surface area contributed by atoms with E-state index in [1.54, 1.807) is 0 Å². The molecule has 8 heteroatoms. The number of aldehydes is 1. The van der Waals surface area contributed by atoms with Gasteiger partial charge in [-0.25, -0.2) is 8.78 Å². The minimum atomic E-state index is -5.27. The van der Waals surface area contributed by atoms with Crippen LogP contribution in [0.2, 0.25) is 5.02 Å². The van der Waals surface area contributed by atoms with E-state index in [0.717, 1.165) is 0 Å². The molecule has 88 valence electrons. The van der Waals surface area contributed by atoms with E-state index in [-0.39, 0.29) is 6.29 Å². The fraction of sp³-hybridized carbons (Fsp3) is 0.125. The van der Waals surface area contributed by atoms with E-state index in [0.29, 0.717) is 6.07 Å². The van der Waals surface area contributed by atoms with Gasteiger partial charge in [0, 0.05) is 0 Å². The molecule has 0 amide bonds. The quantitative estimate of drug-likeness (QED) is 0.602. The van der Waals surface area contributed by atoms with Gasteiger partial charge in [-0.1, -0.05) is 11.6 Å². The minimum Gasteiger partial charge on any atom is -0.399 e. The van der Waals surface area contributed by atoms with Gasteiger partial charge in [0.2, 0.25) is 5.75 Å². The van der Waals surface area contributed by atoms with Gasteiger partial charge in [-0.3, -0.25) is 4.79 Å². The van der Waals surface area contributed by atoms with E-state index in [9.17, 15) is 26.7 Å². The van der Waals surface area contributed by atoms with Crippen LogP contribution in [0.15, 0.2) is 6.07 Å². The summed E-state index contributed by atoms with van der Waals surface area (Å²) in [4.78, 5) is 10.3.